The third-order valence-electron chi connectivity index (χ3n) is 2.73. The van der Waals surface area contributed by atoms with Crippen molar-refractivity contribution < 1.29 is 4.79 Å². The maximum absolute atomic E-state index is 11.0. The molecule has 1 fully saturated rings. The van der Waals surface area contributed by atoms with Crippen LogP contribution in [-0.2, 0) is 4.79 Å². The van der Waals surface area contributed by atoms with Crippen molar-refractivity contribution in [2.75, 3.05) is 11.9 Å². The van der Waals surface area contributed by atoms with E-state index in [1.807, 2.05) is 12.1 Å². The summed E-state index contributed by atoms with van der Waals surface area (Å²) in [5.74, 6) is 0.0966. The lowest BCUT2D eigenvalue weighted by molar-refractivity contribution is -0.122. The number of nitrogens with one attached hydrogen (secondary N) is 2. The summed E-state index contributed by atoms with van der Waals surface area (Å²) < 4.78 is 0.886. The molecule has 0 aliphatic carbocycles. The number of hydrogen-bond acceptors (Lipinski definition) is 3. The molecule has 0 spiro atoms. The van der Waals surface area contributed by atoms with Crippen LogP contribution in [0.25, 0.3) is 0 Å². The summed E-state index contributed by atoms with van der Waals surface area (Å²) in [6, 6.07) is 7.90. The zero-order chi connectivity index (χ0) is 12.3. The summed E-state index contributed by atoms with van der Waals surface area (Å²) >= 11 is 3.33. The Labute approximate surface area is 108 Å². The molecule has 2 rings (SSSR count). The molecule has 88 valence electrons. The number of piperidine rings is 1. The fourth-order valence-corrected chi connectivity index (χ4v) is 2.17. The van der Waals surface area contributed by atoms with E-state index < -0.39 is 0 Å². The molecule has 17 heavy (non-hydrogen) atoms. The van der Waals surface area contributed by atoms with Crippen LogP contribution in [0.2, 0.25) is 0 Å². The fraction of sp³-hybridized carbons (Fsp3) is 0.333. The molecule has 0 aromatic heterocycles. The molecule has 1 atom stereocenters. The van der Waals surface area contributed by atoms with Crippen LogP contribution in [0.3, 0.4) is 0 Å². The molecule has 0 saturated carbocycles. The molecule has 1 aromatic rings. The van der Waals surface area contributed by atoms with Gasteiger partial charge in [-0.2, -0.15) is 5.26 Å². The molecule has 1 aliphatic heterocycles. The molecular weight excluding hydrogens is 282 g/mol. The number of halogens is 1. The second-order valence-corrected chi connectivity index (χ2v) is 4.90. The topological polar surface area (TPSA) is 64.9 Å². The van der Waals surface area contributed by atoms with Crippen LogP contribution in [-0.4, -0.2) is 18.5 Å². The molecule has 2 N–H and O–H groups in total. The van der Waals surface area contributed by atoms with Gasteiger partial charge in [-0.15, -0.1) is 0 Å². The second-order valence-electron chi connectivity index (χ2n) is 3.99. The summed E-state index contributed by atoms with van der Waals surface area (Å²) in [7, 11) is 0. The molecule has 1 aliphatic rings. The van der Waals surface area contributed by atoms with Crippen LogP contribution < -0.4 is 10.6 Å². The average molecular weight is 294 g/mol. The summed E-state index contributed by atoms with van der Waals surface area (Å²) in [6.45, 7) is 0.611. The predicted molar refractivity (Wildman–Crippen MR) is 68.5 cm³/mol. The van der Waals surface area contributed by atoms with Crippen molar-refractivity contribution in [1.82, 2.24) is 5.32 Å². The largest absolute Gasteiger partial charge is 0.379 e. The van der Waals surface area contributed by atoms with Crippen LogP contribution in [0.4, 0.5) is 5.69 Å². The molecule has 1 unspecified atom stereocenters. The average Bonchev–Trinajstić information content (AvgIpc) is 2.34. The number of rotatable bonds is 2. The van der Waals surface area contributed by atoms with Gasteiger partial charge in [-0.05, 0) is 24.6 Å². The maximum atomic E-state index is 11.0. The van der Waals surface area contributed by atoms with Crippen LogP contribution in [0, 0.1) is 11.3 Å². The van der Waals surface area contributed by atoms with Gasteiger partial charge in [0.25, 0.3) is 0 Å². The lowest BCUT2D eigenvalue weighted by atomic mass is 10.1. The summed E-state index contributed by atoms with van der Waals surface area (Å²) in [5, 5.41) is 15.1. The minimum absolute atomic E-state index is 0.0966. The zero-order valence-electron chi connectivity index (χ0n) is 9.16. The van der Waals surface area contributed by atoms with E-state index in [0.717, 1.165) is 16.6 Å². The van der Waals surface area contributed by atoms with Gasteiger partial charge >= 0.3 is 0 Å². The van der Waals surface area contributed by atoms with Crippen molar-refractivity contribution in [1.29, 1.82) is 5.26 Å². The quantitative estimate of drug-likeness (QED) is 0.877. The van der Waals surface area contributed by atoms with Gasteiger partial charge in [0.05, 0.1) is 11.3 Å². The Morgan fingerprint density at radius 3 is 3.00 bits per heavy atom. The van der Waals surface area contributed by atoms with Crippen molar-refractivity contribution in [3.05, 3.63) is 28.2 Å². The Bertz CT molecular complexity index is 471. The first-order valence-corrected chi connectivity index (χ1v) is 6.21. The highest BCUT2D eigenvalue weighted by atomic mass is 79.9. The molecular formula is C12H12BrN3O. The Kier molecular flexibility index (Phi) is 3.64. The number of carbonyl (C=O) groups excluding carboxylic acids is 1. The first-order chi connectivity index (χ1) is 8.19. The van der Waals surface area contributed by atoms with Crippen LogP contribution in [0.15, 0.2) is 22.7 Å². The molecule has 1 heterocycles. The van der Waals surface area contributed by atoms with Gasteiger partial charge in [0, 0.05) is 23.5 Å². The lowest BCUT2D eigenvalue weighted by Crippen LogP contribution is -2.41. The summed E-state index contributed by atoms with van der Waals surface area (Å²) in [5.41, 5.74) is 1.42. The predicted octanol–water partition coefficient (Wildman–Crippen LogP) is 2.01. The Balaban J connectivity index is 2.08. The first-order valence-electron chi connectivity index (χ1n) is 5.42. The van der Waals surface area contributed by atoms with E-state index in [4.69, 9.17) is 5.26 Å². The number of benzene rings is 1. The van der Waals surface area contributed by atoms with Crippen molar-refractivity contribution in [3.8, 4) is 6.07 Å². The minimum atomic E-state index is 0.0966. The Morgan fingerprint density at radius 2 is 2.35 bits per heavy atom. The maximum Gasteiger partial charge on any atom is 0.220 e. The third-order valence-corrected chi connectivity index (χ3v) is 3.22. The van der Waals surface area contributed by atoms with E-state index in [2.05, 4.69) is 32.6 Å². The normalized spacial score (nSPS) is 19.3. The van der Waals surface area contributed by atoms with Crippen molar-refractivity contribution in [3.63, 3.8) is 0 Å². The standard InChI is InChI=1S/C12H12BrN3O/c13-9-1-3-11(8(5-9)6-14)16-10-2-4-12(17)15-7-10/h1,3,5,10,16H,2,4,7H2,(H,15,17). The van der Waals surface area contributed by atoms with Gasteiger partial charge in [0.2, 0.25) is 5.91 Å². The minimum Gasteiger partial charge on any atom is -0.379 e. The highest BCUT2D eigenvalue weighted by Gasteiger charge is 2.18. The van der Waals surface area contributed by atoms with Gasteiger partial charge in [0.15, 0.2) is 0 Å². The monoisotopic (exact) mass is 293 g/mol. The smallest absolute Gasteiger partial charge is 0.220 e. The van der Waals surface area contributed by atoms with Crippen LogP contribution >= 0.6 is 15.9 Å². The van der Waals surface area contributed by atoms with Crippen LogP contribution in [0.5, 0.6) is 0 Å². The third kappa shape index (κ3) is 2.98. The molecule has 5 heteroatoms. The van der Waals surface area contributed by atoms with Gasteiger partial charge in [-0.25, -0.2) is 0 Å². The number of nitriles is 1. The first kappa shape index (κ1) is 11.9. The van der Waals surface area contributed by atoms with E-state index in [1.54, 1.807) is 6.07 Å². The van der Waals surface area contributed by atoms with Gasteiger partial charge in [-0.3, -0.25) is 4.79 Å². The molecule has 1 saturated heterocycles. The van der Waals surface area contributed by atoms with Crippen LogP contribution in [0.1, 0.15) is 18.4 Å². The van der Waals surface area contributed by atoms with Crippen molar-refractivity contribution >= 4 is 27.5 Å². The molecule has 0 bridgehead atoms. The molecule has 4 nitrogen and oxygen atoms in total. The summed E-state index contributed by atoms with van der Waals surface area (Å²) in [6.07, 6.45) is 1.34. The Morgan fingerprint density at radius 1 is 1.53 bits per heavy atom. The Hall–Kier alpha value is -1.54. The number of nitrogens with zero attached hydrogens (tertiary/aromatic N) is 1. The number of hydrogen-bond donors (Lipinski definition) is 2. The van der Waals surface area contributed by atoms with Crippen molar-refractivity contribution in [2.24, 2.45) is 0 Å². The van der Waals surface area contributed by atoms with E-state index in [-0.39, 0.29) is 11.9 Å². The lowest BCUT2D eigenvalue weighted by Gasteiger charge is -2.24. The highest BCUT2D eigenvalue weighted by Crippen LogP contribution is 2.22. The molecule has 1 amide bonds. The number of anilines is 1. The SMILES string of the molecule is N#Cc1cc(Br)ccc1NC1CCC(=O)NC1. The van der Waals surface area contributed by atoms with Crippen molar-refractivity contribution in [2.45, 2.75) is 18.9 Å². The highest BCUT2D eigenvalue weighted by molar-refractivity contribution is 9.10. The van der Waals surface area contributed by atoms with E-state index in [1.165, 1.54) is 0 Å². The molecule has 0 radical (unpaired) electrons. The van der Waals surface area contributed by atoms with Gasteiger partial charge in [0.1, 0.15) is 6.07 Å². The van der Waals surface area contributed by atoms with Gasteiger partial charge < -0.3 is 10.6 Å². The molecule has 1 aromatic carbocycles. The fourth-order valence-electron chi connectivity index (χ4n) is 1.81. The van der Waals surface area contributed by atoms with E-state index >= 15 is 0 Å². The number of amides is 1. The summed E-state index contributed by atoms with van der Waals surface area (Å²) in [4.78, 5) is 11.0. The van der Waals surface area contributed by atoms with E-state index in [0.29, 0.717) is 18.5 Å². The second kappa shape index (κ2) is 5.19. The van der Waals surface area contributed by atoms with Gasteiger partial charge in [-0.1, -0.05) is 15.9 Å². The van der Waals surface area contributed by atoms with E-state index in [9.17, 15) is 4.79 Å². The zero-order valence-corrected chi connectivity index (χ0v) is 10.8. The number of carbonyl (C=O) groups is 1.